The molecule has 0 bridgehead atoms. The molecule has 0 aliphatic carbocycles. The lowest BCUT2D eigenvalue weighted by molar-refractivity contribution is -0.0327. The quantitative estimate of drug-likeness (QED) is 0.756. The molecular weight excluding hydrogens is 277 g/mol. The molecule has 0 saturated carbocycles. The third-order valence-electron chi connectivity index (χ3n) is 2.29. The Morgan fingerprint density at radius 3 is 2.26 bits per heavy atom. The van der Waals surface area contributed by atoms with Gasteiger partial charge in [-0.25, -0.2) is 9.97 Å². The second kappa shape index (κ2) is 7.42. The van der Waals surface area contributed by atoms with Gasteiger partial charge in [0.15, 0.2) is 0 Å². The molecule has 108 valence electrons. The Morgan fingerprint density at radius 1 is 1.16 bits per heavy atom. The van der Waals surface area contributed by atoms with Gasteiger partial charge in [0.2, 0.25) is 0 Å². The lowest BCUT2D eigenvalue weighted by Gasteiger charge is -2.12. The van der Waals surface area contributed by atoms with Crippen LogP contribution in [0.15, 0.2) is 6.33 Å². The molecule has 8 heteroatoms. The van der Waals surface area contributed by atoms with E-state index in [0.29, 0.717) is 11.6 Å². The first-order valence-corrected chi connectivity index (χ1v) is 6.92. The van der Waals surface area contributed by atoms with Crippen LogP contribution in [0.3, 0.4) is 0 Å². The second-order valence-corrected chi connectivity index (χ2v) is 5.00. The highest BCUT2D eigenvalue weighted by Gasteiger charge is 2.27. The second-order valence-electron chi connectivity index (χ2n) is 3.84. The topological polar surface area (TPSA) is 49.8 Å². The number of rotatable bonds is 7. The molecule has 2 N–H and O–H groups in total. The fourth-order valence-corrected chi connectivity index (χ4v) is 1.82. The average Bonchev–Trinajstić information content (AvgIpc) is 2.33. The molecule has 0 aliphatic heterocycles. The van der Waals surface area contributed by atoms with Crippen molar-refractivity contribution >= 4 is 23.4 Å². The van der Waals surface area contributed by atoms with Crippen molar-refractivity contribution in [1.82, 2.24) is 9.97 Å². The highest BCUT2D eigenvalue weighted by atomic mass is 32.2. The van der Waals surface area contributed by atoms with Crippen molar-refractivity contribution < 1.29 is 13.2 Å². The Hall–Kier alpha value is -1.18. The molecule has 0 unspecified atom stereocenters. The number of thioether (sulfide) groups is 1. The summed E-state index contributed by atoms with van der Waals surface area (Å²) in [6, 6.07) is 0. The van der Waals surface area contributed by atoms with Crippen molar-refractivity contribution in [2.45, 2.75) is 25.8 Å². The van der Waals surface area contributed by atoms with E-state index < -0.39 is 5.51 Å². The predicted octanol–water partition coefficient (Wildman–Crippen LogP) is 3.27. The number of nitrogens with zero attached hydrogens (tertiary/aromatic N) is 2. The maximum absolute atomic E-state index is 12.0. The van der Waals surface area contributed by atoms with E-state index in [9.17, 15) is 13.2 Å². The third-order valence-corrected chi connectivity index (χ3v) is 3.02. The molecule has 0 atom stereocenters. The molecule has 4 nitrogen and oxygen atoms in total. The van der Waals surface area contributed by atoms with Gasteiger partial charge in [0.05, 0.1) is 0 Å². The third kappa shape index (κ3) is 6.00. The van der Waals surface area contributed by atoms with Gasteiger partial charge in [-0.2, -0.15) is 13.2 Å². The largest absolute Gasteiger partial charge is 0.441 e. The smallest absolute Gasteiger partial charge is 0.370 e. The van der Waals surface area contributed by atoms with Gasteiger partial charge in [0, 0.05) is 24.4 Å². The minimum atomic E-state index is -4.18. The van der Waals surface area contributed by atoms with Crippen LogP contribution in [0.25, 0.3) is 0 Å². The van der Waals surface area contributed by atoms with Gasteiger partial charge in [-0.3, -0.25) is 0 Å². The zero-order valence-electron chi connectivity index (χ0n) is 10.8. The van der Waals surface area contributed by atoms with Gasteiger partial charge in [-0.05, 0) is 25.1 Å². The van der Waals surface area contributed by atoms with E-state index in [2.05, 4.69) is 20.6 Å². The maximum atomic E-state index is 12.0. The van der Waals surface area contributed by atoms with Gasteiger partial charge < -0.3 is 10.6 Å². The Kier molecular flexibility index (Phi) is 6.20. The van der Waals surface area contributed by atoms with Crippen LogP contribution in [-0.4, -0.2) is 34.3 Å². The van der Waals surface area contributed by atoms with Crippen LogP contribution < -0.4 is 10.6 Å². The van der Waals surface area contributed by atoms with E-state index in [1.54, 1.807) is 0 Å². The first kappa shape index (κ1) is 15.9. The summed E-state index contributed by atoms with van der Waals surface area (Å²) in [5.74, 6) is 1.23. The molecule has 1 rings (SSSR count). The normalized spacial score (nSPS) is 11.4. The highest BCUT2D eigenvalue weighted by molar-refractivity contribution is 8.00. The van der Waals surface area contributed by atoms with Gasteiger partial charge in [-0.1, -0.05) is 6.92 Å². The monoisotopic (exact) mass is 294 g/mol. The number of anilines is 2. The predicted molar refractivity (Wildman–Crippen MR) is 72.6 cm³/mol. The summed E-state index contributed by atoms with van der Waals surface area (Å²) in [4.78, 5) is 8.12. The number of alkyl halides is 3. The summed E-state index contributed by atoms with van der Waals surface area (Å²) >= 11 is -0.0448. The van der Waals surface area contributed by atoms with Crippen LogP contribution in [0.2, 0.25) is 0 Å². The van der Waals surface area contributed by atoms with Crippen molar-refractivity contribution in [3.05, 3.63) is 11.9 Å². The van der Waals surface area contributed by atoms with Crippen molar-refractivity contribution in [2.75, 3.05) is 29.5 Å². The fourth-order valence-electron chi connectivity index (χ4n) is 1.39. The van der Waals surface area contributed by atoms with E-state index in [1.165, 1.54) is 6.33 Å². The molecule has 1 aromatic rings. The first-order valence-electron chi connectivity index (χ1n) is 5.94. The van der Waals surface area contributed by atoms with Gasteiger partial charge in [-0.15, -0.1) is 0 Å². The number of nitrogens with one attached hydrogen (secondary N) is 2. The van der Waals surface area contributed by atoms with Crippen molar-refractivity contribution in [1.29, 1.82) is 0 Å². The van der Waals surface area contributed by atoms with Crippen LogP contribution in [0.5, 0.6) is 0 Å². The molecule has 0 saturated heterocycles. The highest BCUT2D eigenvalue weighted by Crippen LogP contribution is 2.29. The zero-order chi connectivity index (χ0) is 14.3. The molecular formula is C11H17F3N4S. The SMILES string of the molecule is CCCNc1ncnc(NCCSC(F)(F)F)c1C. The summed E-state index contributed by atoms with van der Waals surface area (Å²) in [5.41, 5.74) is -3.37. The van der Waals surface area contributed by atoms with E-state index in [0.717, 1.165) is 18.5 Å². The van der Waals surface area contributed by atoms with Gasteiger partial charge in [0.25, 0.3) is 0 Å². The molecule has 0 aromatic carbocycles. The molecule has 0 aliphatic rings. The van der Waals surface area contributed by atoms with E-state index in [-0.39, 0.29) is 24.1 Å². The van der Waals surface area contributed by atoms with E-state index in [1.807, 2.05) is 13.8 Å². The lowest BCUT2D eigenvalue weighted by atomic mass is 10.3. The molecule has 1 aromatic heterocycles. The Balaban J connectivity index is 2.49. The van der Waals surface area contributed by atoms with Crippen molar-refractivity contribution in [2.24, 2.45) is 0 Å². The van der Waals surface area contributed by atoms with Crippen LogP contribution in [0.1, 0.15) is 18.9 Å². The molecule has 0 amide bonds. The number of halogens is 3. The fraction of sp³-hybridized carbons (Fsp3) is 0.636. The minimum Gasteiger partial charge on any atom is -0.370 e. The summed E-state index contributed by atoms with van der Waals surface area (Å²) in [7, 11) is 0. The summed E-state index contributed by atoms with van der Waals surface area (Å²) in [5, 5.41) is 6.03. The maximum Gasteiger partial charge on any atom is 0.441 e. The Labute approximate surface area is 114 Å². The minimum absolute atomic E-state index is 0.0448. The lowest BCUT2D eigenvalue weighted by Crippen LogP contribution is -2.12. The summed E-state index contributed by atoms with van der Waals surface area (Å²) in [6.07, 6.45) is 2.36. The van der Waals surface area contributed by atoms with Crippen molar-refractivity contribution in [3.8, 4) is 0 Å². The molecule has 0 fully saturated rings. The van der Waals surface area contributed by atoms with Gasteiger partial charge in [0.1, 0.15) is 18.0 Å². The molecule has 0 spiro atoms. The van der Waals surface area contributed by atoms with Crippen molar-refractivity contribution in [3.63, 3.8) is 0 Å². The summed E-state index contributed by atoms with van der Waals surface area (Å²) < 4.78 is 35.9. The number of aromatic nitrogens is 2. The van der Waals surface area contributed by atoms with Crippen LogP contribution in [0.4, 0.5) is 24.8 Å². The Morgan fingerprint density at radius 2 is 1.74 bits per heavy atom. The Bertz CT molecular complexity index is 398. The van der Waals surface area contributed by atoms with E-state index in [4.69, 9.17) is 0 Å². The van der Waals surface area contributed by atoms with Crippen LogP contribution >= 0.6 is 11.8 Å². The van der Waals surface area contributed by atoms with Gasteiger partial charge >= 0.3 is 5.51 Å². The van der Waals surface area contributed by atoms with Crippen LogP contribution in [-0.2, 0) is 0 Å². The first-order chi connectivity index (χ1) is 8.94. The molecule has 19 heavy (non-hydrogen) atoms. The van der Waals surface area contributed by atoms with E-state index >= 15 is 0 Å². The number of hydrogen-bond acceptors (Lipinski definition) is 5. The number of hydrogen-bond donors (Lipinski definition) is 2. The molecule has 0 radical (unpaired) electrons. The zero-order valence-corrected chi connectivity index (χ0v) is 11.7. The van der Waals surface area contributed by atoms with Crippen LogP contribution in [0, 0.1) is 6.92 Å². The standard InChI is InChI=1S/C11H17F3N4S/c1-3-4-15-9-8(2)10(18-7-17-9)16-5-6-19-11(12,13)14/h7H,3-6H2,1-2H3,(H2,15,16,17,18). The molecule has 1 heterocycles. The average molecular weight is 294 g/mol. The summed E-state index contributed by atoms with van der Waals surface area (Å²) in [6.45, 7) is 4.87.